The maximum Gasteiger partial charge on any atom is 0.269 e. The van der Waals surface area contributed by atoms with Gasteiger partial charge in [0, 0.05) is 12.4 Å². The van der Waals surface area contributed by atoms with E-state index in [1.54, 1.807) is 23.1 Å². The van der Waals surface area contributed by atoms with Gasteiger partial charge in [-0.15, -0.1) is 0 Å². The third-order valence-electron chi connectivity index (χ3n) is 1.94. The minimum absolute atomic E-state index is 0.269. The third-order valence-corrected chi connectivity index (χ3v) is 1.94. The normalized spacial score (nSPS) is 10.1. The number of hydrogen-bond acceptors (Lipinski definition) is 3. The molecule has 5 heteroatoms. The van der Waals surface area contributed by atoms with Crippen LogP contribution >= 0.6 is 0 Å². The molecule has 2 aromatic rings. The summed E-state index contributed by atoms with van der Waals surface area (Å²) < 4.78 is 1.63. The lowest BCUT2D eigenvalue weighted by Gasteiger charge is -1.99. The molecule has 15 heavy (non-hydrogen) atoms. The zero-order chi connectivity index (χ0) is 10.7. The van der Waals surface area contributed by atoms with Gasteiger partial charge < -0.3 is 5.73 Å². The van der Waals surface area contributed by atoms with Crippen LogP contribution in [0.1, 0.15) is 16.2 Å². The Morgan fingerprint density at radius 1 is 1.40 bits per heavy atom. The fraction of sp³-hybridized carbons (Fsp3) is 0.100. The average molecular weight is 202 g/mol. The lowest BCUT2D eigenvalue weighted by molar-refractivity contribution is 0.0995. The van der Waals surface area contributed by atoms with Crippen molar-refractivity contribution in [1.82, 2.24) is 14.8 Å². The SMILES string of the molecule is NC(=O)c1ccn(Cc2ccccn2)n1. The van der Waals surface area contributed by atoms with Crippen LogP contribution < -0.4 is 5.73 Å². The van der Waals surface area contributed by atoms with Gasteiger partial charge in [0.15, 0.2) is 0 Å². The maximum atomic E-state index is 10.8. The highest BCUT2D eigenvalue weighted by Gasteiger charge is 2.04. The van der Waals surface area contributed by atoms with Gasteiger partial charge in [0.05, 0.1) is 12.2 Å². The lowest BCUT2D eigenvalue weighted by atomic mass is 10.3. The number of nitrogens with zero attached hydrogens (tertiary/aromatic N) is 3. The molecule has 0 atom stereocenters. The van der Waals surface area contributed by atoms with Crippen molar-refractivity contribution in [3.63, 3.8) is 0 Å². The van der Waals surface area contributed by atoms with Gasteiger partial charge in [-0.3, -0.25) is 14.5 Å². The minimum Gasteiger partial charge on any atom is -0.364 e. The summed E-state index contributed by atoms with van der Waals surface area (Å²) >= 11 is 0. The zero-order valence-corrected chi connectivity index (χ0v) is 8.00. The van der Waals surface area contributed by atoms with E-state index in [1.807, 2.05) is 18.2 Å². The summed E-state index contributed by atoms with van der Waals surface area (Å²) in [5.74, 6) is -0.519. The first-order valence-electron chi connectivity index (χ1n) is 4.49. The Hall–Kier alpha value is -2.17. The highest BCUT2D eigenvalue weighted by Crippen LogP contribution is 1.99. The number of carbonyl (C=O) groups excluding carboxylic acids is 1. The van der Waals surface area contributed by atoms with Crippen LogP contribution in [-0.4, -0.2) is 20.7 Å². The van der Waals surface area contributed by atoms with Gasteiger partial charge in [0.2, 0.25) is 0 Å². The van der Waals surface area contributed by atoms with Gasteiger partial charge in [-0.1, -0.05) is 6.07 Å². The molecule has 0 spiro atoms. The summed E-state index contributed by atoms with van der Waals surface area (Å²) in [6, 6.07) is 7.24. The van der Waals surface area contributed by atoms with Crippen LogP contribution in [0.5, 0.6) is 0 Å². The summed E-state index contributed by atoms with van der Waals surface area (Å²) in [6.07, 6.45) is 3.42. The van der Waals surface area contributed by atoms with Crippen molar-refractivity contribution in [2.75, 3.05) is 0 Å². The van der Waals surface area contributed by atoms with E-state index in [0.717, 1.165) is 5.69 Å². The highest BCUT2D eigenvalue weighted by atomic mass is 16.1. The van der Waals surface area contributed by atoms with Gasteiger partial charge in [-0.2, -0.15) is 5.10 Å². The van der Waals surface area contributed by atoms with Gasteiger partial charge >= 0.3 is 0 Å². The third kappa shape index (κ3) is 2.19. The molecule has 0 bridgehead atoms. The van der Waals surface area contributed by atoms with E-state index in [9.17, 15) is 4.79 Å². The molecular formula is C10H10N4O. The van der Waals surface area contributed by atoms with Crippen LogP contribution in [-0.2, 0) is 6.54 Å². The molecule has 5 nitrogen and oxygen atoms in total. The van der Waals surface area contributed by atoms with Crippen molar-refractivity contribution in [3.8, 4) is 0 Å². The number of amides is 1. The molecule has 0 aromatic carbocycles. The van der Waals surface area contributed by atoms with Crippen molar-refractivity contribution in [1.29, 1.82) is 0 Å². The van der Waals surface area contributed by atoms with E-state index in [2.05, 4.69) is 10.1 Å². The van der Waals surface area contributed by atoms with Gasteiger partial charge in [-0.05, 0) is 18.2 Å². The molecule has 0 saturated heterocycles. The molecule has 0 aliphatic carbocycles. The number of hydrogen-bond donors (Lipinski definition) is 1. The van der Waals surface area contributed by atoms with Crippen LogP contribution in [0.4, 0.5) is 0 Å². The molecule has 1 amide bonds. The summed E-state index contributed by atoms with van der Waals surface area (Å²) in [5, 5.41) is 4.01. The molecule has 2 heterocycles. The van der Waals surface area contributed by atoms with Crippen LogP contribution in [0.3, 0.4) is 0 Å². The van der Waals surface area contributed by atoms with E-state index < -0.39 is 5.91 Å². The topological polar surface area (TPSA) is 73.8 Å². The Balaban J connectivity index is 2.15. The number of nitrogens with two attached hydrogens (primary N) is 1. The van der Waals surface area contributed by atoms with E-state index in [-0.39, 0.29) is 5.69 Å². The van der Waals surface area contributed by atoms with Crippen molar-refractivity contribution < 1.29 is 4.79 Å². The van der Waals surface area contributed by atoms with Crippen LogP contribution in [0.2, 0.25) is 0 Å². The summed E-state index contributed by atoms with van der Waals surface area (Å²) in [6.45, 7) is 0.536. The Morgan fingerprint density at radius 2 is 2.27 bits per heavy atom. The van der Waals surface area contributed by atoms with Gasteiger partial charge in [0.25, 0.3) is 5.91 Å². The molecule has 0 saturated carbocycles. The predicted octanol–water partition coefficient (Wildman–Crippen LogP) is 0.425. The molecule has 0 radical (unpaired) electrons. The van der Waals surface area contributed by atoms with E-state index in [4.69, 9.17) is 5.73 Å². The largest absolute Gasteiger partial charge is 0.364 e. The Bertz CT molecular complexity index is 463. The first kappa shape index (κ1) is 9.39. The summed E-state index contributed by atoms with van der Waals surface area (Å²) in [4.78, 5) is 14.9. The van der Waals surface area contributed by atoms with Gasteiger partial charge in [0.1, 0.15) is 5.69 Å². The number of primary amides is 1. The van der Waals surface area contributed by atoms with E-state index >= 15 is 0 Å². The van der Waals surface area contributed by atoms with Crippen LogP contribution in [0.25, 0.3) is 0 Å². The van der Waals surface area contributed by atoms with E-state index in [1.165, 1.54) is 0 Å². The first-order chi connectivity index (χ1) is 7.25. The lowest BCUT2D eigenvalue weighted by Crippen LogP contribution is -2.12. The number of rotatable bonds is 3. The first-order valence-corrected chi connectivity index (χ1v) is 4.49. The quantitative estimate of drug-likeness (QED) is 0.784. The van der Waals surface area contributed by atoms with Crippen LogP contribution in [0, 0.1) is 0 Å². The Labute approximate surface area is 86.5 Å². The summed E-state index contributed by atoms with van der Waals surface area (Å²) in [5.41, 5.74) is 6.25. The second kappa shape index (κ2) is 3.91. The van der Waals surface area contributed by atoms with E-state index in [0.29, 0.717) is 6.54 Å². The van der Waals surface area contributed by atoms with Crippen molar-refractivity contribution in [2.24, 2.45) is 5.73 Å². The molecule has 76 valence electrons. The molecule has 0 aliphatic heterocycles. The Morgan fingerprint density at radius 3 is 2.87 bits per heavy atom. The fourth-order valence-electron chi connectivity index (χ4n) is 1.24. The predicted molar refractivity (Wildman–Crippen MR) is 54.1 cm³/mol. The zero-order valence-electron chi connectivity index (χ0n) is 8.00. The monoisotopic (exact) mass is 202 g/mol. The second-order valence-corrected chi connectivity index (χ2v) is 3.08. The Kier molecular flexibility index (Phi) is 2.45. The van der Waals surface area contributed by atoms with Crippen LogP contribution in [0.15, 0.2) is 36.7 Å². The molecule has 2 N–H and O–H groups in total. The van der Waals surface area contributed by atoms with Crippen molar-refractivity contribution in [2.45, 2.75) is 6.54 Å². The fourth-order valence-corrected chi connectivity index (χ4v) is 1.24. The average Bonchev–Trinajstić information content (AvgIpc) is 2.68. The molecule has 2 rings (SSSR count). The molecule has 2 aromatic heterocycles. The molecule has 0 aliphatic rings. The number of aromatic nitrogens is 3. The minimum atomic E-state index is -0.519. The number of pyridine rings is 1. The molecule has 0 fully saturated rings. The maximum absolute atomic E-state index is 10.8. The highest BCUT2D eigenvalue weighted by molar-refractivity contribution is 5.90. The smallest absolute Gasteiger partial charge is 0.269 e. The molecule has 0 unspecified atom stereocenters. The second-order valence-electron chi connectivity index (χ2n) is 3.08. The molecular weight excluding hydrogens is 192 g/mol. The standard InChI is InChI=1S/C10H10N4O/c11-10(15)9-4-6-14(13-9)7-8-3-1-2-5-12-8/h1-6H,7H2,(H2,11,15). The van der Waals surface area contributed by atoms with Crippen molar-refractivity contribution >= 4 is 5.91 Å². The number of carbonyl (C=O) groups is 1. The van der Waals surface area contributed by atoms with Gasteiger partial charge in [-0.25, -0.2) is 0 Å². The van der Waals surface area contributed by atoms with Crippen molar-refractivity contribution in [3.05, 3.63) is 48.0 Å². The summed E-state index contributed by atoms with van der Waals surface area (Å²) in [7, 11) is 0.